The smallest absolute Gasteiger partial charge is 0.341 e. The summed E-state index contributed by atoms with van der Waals surface area (Å²) in [5.41, 5.74) is 0.189. The number of hydrogen-bond donors (Lipinski definition) is 0. The van der Waals surface area contributed by atoms with E-state index >= 15 is 0 Å². The average molecular weight is 314 g/mol. The molecule has 22 heavy (non-hydrogen) atoms. The van der Waals surface area contributed by atoms with Gasteiger partial charge in [0.05, 0.1) is 13.7 Å². The summed E-state index contributed by atoms with van der Waals surface area (Å²) in [6, 6.07) is 10.7. The zero-order valence-electron chi connectivity index (χ0n) is 12.2. The van der Waals surface area contributed by atoms with Gasteiger partial charge in [-0.3, -0.25) is 4.79 Å². The second-order valence-corrected chi connectivity index (χ2v) is 5.78. The van der Waals surface area contributed by atoms with Gasteiger partial charge in [0.2, 0.25) is 0 Å². The van der Waals surface area contributed by atoms with E-state index in [0.29, 0.717) is 16.5 Å². The molecule has 0 unspecified atom stereocenters. The first-order chi connectivity index (χ1) is 10.7. The standard InChI is InChI=1S/C17H14O4S/c1-3-21-17(19)11-8-12-15(9-13(11)20-2)22-14-7-5-4-6-10(14)16(12)18/h4-9H,3H2,1-2H3. The number of esters is 1. The van der Waals surface area contributed by atoms with Crippen molar-refractivity contribution in [3.63, 3.8) is 0 Å². The molecule has 1 aromatic heterocycles. The Bertz CT molecular complexity index is 927. The Morgan fingerprint density at radius 1 is 1.14 bits per heavy atom. The Morgan fingerprint density at radius 2 is 1.91 bits per heavy atom. The van der Waals surface area contributed by atoms with Crippen molar-refractivity contribution in [1.82, 2.24) is 0 Å². The van der Waals surface area contributed by atoms with Crippen LogP contribution in [0.5, 0.6) is 5.75 Å². The molecule has 0 amide bonds. The lowest BCUT2D eigenvalue weighted by Gasteiger charge is -2.09. The first-order valence-electron chi connectivity index (χ1n) is 6.86. The van der Waals surface area contributed by atoms with Gasteiger partial charge in [-0.1, -0.05) is 12.1 Å². The van der Waals surface area contributed by atoms with E-state index in [0.717, 1.165) is 9.40 Å². The molecule has 0 aliphatic heterocycles. The summed E-state index contributed by atoms with van der Waals surface area (Å²) in [6.07, 6.45) is 0. The zero-order valence-corrected chi connectivity index (χ0v) is 13.0. The minimum Gasteiger partial charge on any atom is -0.496 e. The van der Waals surface area contributed by atoms with Gasteiger partial charge in [-0.25, -0.2) is 4.79 Å². The number of hydrogen-bond acceptors (Lipinski definition) is 5. The van der Waals surface area contributed by atoms with Gasteiger partial charge in [-0.05, 0) is 31.2 Å². The molecule has 3 aromatic rings. The van der Waals surface area contributed by atoms with Crippen LogP contribution in [0.25, 0.3) is 20.2 Å². The topological polar surface area (TPSA) is 52.6 Å². The highest BCUT2D eigenvalue weighted by molar-refractivity contribution is 7.24. The van der Waals surface area contributed by atoms with Crippen LogP contribution >= 0.6 is 11.3 Å². The number of methoxy groups -OCH3 is 1. The molecule has 0 aliphatic rings. The first-order valence-corrected chi connectivity index (χ1v) is 7.68. The van der Waals surface area contributed by atoms with Gasteiger partial charge >= 0.3 is 5.97 Å². The molecule has 0 saturated heterocycles. The molecular formula is C17H14O4S. The SMILES string of the molecule is CCOC(=O)c1cc2c(=O)c3ccccc3sc2cc1OC. The molecule has 0 radical (unpaired) electrons. The minimum atomic E-state index is -0.487. The molecular weight excluding hydrogens is 300 g/mol. The van der Waals surface area contributed by atoms with Crippen LogP contribution < -0.4 is 10.2 Å². The first kappa shape index (κ1) is 14.5. The van der Waals surface area contributed by atoms with Crippen molar-refractivity contribution in [2.24, 2.45) is 0 Å². The minimum absolute atomic E-state index is 0.0856. The van der Waals surface area contributed by atoms with Crippen LogP contribution in [-0.2, 0) is 4.74 Å². The van der Waals surface area contributed by atoms with Gasteiger partial charge in [0.25, 0.3) is 0 Å². The van der Waals surface area contributed by atoms with Gasteiger partial charge in [0.1, 0.15) is 11.3 Å². The van der Waals surface area contributed by atoms with Crippen LogP contribution in [0, 0.1) is 0 Å². The number of fused-ring (bicyclic) bond motifs is 2. The van der Waals surface area contributed by atoms with Crippen molar-refractivity contribution in [2.75, 3.05) is 13.7 Å². The fourth-order valence-electron chi connectivity index (χ4n) is 2.37. The summed E-state index contributed by atoms with van der Waals surface area (Å²) in [7, 11) is 1.49. The summed E-state index contributed by atoms with van der Waals surface area (Å²) in [5, 5.41) is 1.16. The zero-order chi connectivity index (χ0) is 15.7. The van der Waals surface area contributed by atoms with Gasteiger partial charge in [-0.2, -0.15) is 0 Å². The van der Waals surface area contributed by atoms with Crippen molar-refractivity contribution in [3.05, 3.63) is 52.2 Å². The second-order valence-electron chi connectivity index (χ2n) is 4.70. The van der Waals surface area contributed by atoms with E-state index in [1.54, 1.807) is 25.1 Å². The molecule has 0 saturated carbocycles. The Hall–Kier alpha value is -2.40. The molecule has 1 heterocycles. The lowest BCUT2D eigenvalue weighted by Crippen LogP contribution is -2.09. The highest BCUT2D eigenvalue weighted by Crippen LogP contribution is 2.30. The van der Waals surface area contributed by atoms with Crippen molar-refractivity contribution >= 4 is 37.5 Å². The fourth-order valence-corrected chi connectivity index (χ4v) is 3.45. The van der Waals surface area contributed by atoms with Crippen LogP contribution in [0.4, 0.5) is 0 Å². The summed E-state index contributed by atoms with van der Waals surface area (Å²) >= 11 is 1.50. The van der Waals surface area contributed by atoms with Crippen molar-refractivity contribution in [2.45, 2.75) is 6.92 Å². The van der Waals surface area contributed by atoms with Crippen LogP contribution in [0.3, 0.4) is 0 Å². The van der Waals surface area contributed by atoms with Gasteiger partial charge < -0.3 is 9.47 Å². The quantitative estimate of drug-likeness (QED) is 0.547. The maximum Gasteiger partial charge on any atom is 0.341 e. The van der Waals surface area contributed by atoms with E-state index in [2.05, 4.69) is 0 Å². The number of carbonyl (C=O) groups is 1. The maximum atomic E-state index is 12.6. The van der Waals surface area contributed by atoms with Crippen LogP contribution in [-0.4, -0.2) is 19.7 Å². The fraction of sp³-hybridized carbons (Fsp3) is 0.176. The lowest BCUT2D eigenvalue weighted by molar-refractivity contribution is 0.0523. The molecule has 5 heteroatoms. The molecule has 0 N–H and O–H groups in total. The molecule has 0 atom stereocenters. The maximum absolute atomic E-state index is 12.6. The van der Waals surface area contributed by atoms with Crippen LogP contribution in [0.15, 0.2) is 41.2 Å². The normalized spacial score (nSPS) is 10.8. The number of rotatable bonds is 3. The van der Waals surface area contributed by atoms with Gasteiger partial charge in [0, 0.05) is 20.2 Å². The third kappa shape index (κ3) is 2.33. The largest absolute Gasteiger partial charge is 0.496 e. The third-order valence-electron chi connectivity index (χ3n) is 3.39. The molecule has 2 aromatic carbocycles. The predicted molar refractivity (Wildman–Crippen MR) is 88.1 cm³/mol. The molecule has 0 bridgehead atoms. The highest BCUT2D eigenvalue weighted by Gasteiger charge is 2.17. The lowest BCUT2D eigenvalue weighted by atomic mass is 10.1. The molecule has 4 nitrogen and oxygen atoms in total. The molecule has 0 spiro atoms. The van der Waals surface area contributed by atoms with Crippen LogP contribution in [0.1, 0.15) is 17.3 Å². The van der Waals surface area contributed by atoms with E-state index in [4.69, 9.17) is 9.47 Å². The molecule has 3 rings (SSSR count). The number of benzene rings is 2. The monoisotopic (exact) mass is 314 g/mol. The highest BCUT2D eigenvalue weighted by atomic mass is 32.1. The molecule has 112 valence electrons. The summed E-state index contributed by atoms with van der Waals surface area (Å²) in [4.78, 5) is 24.7. The molecule has 0 fully saturated rings. The summed E-state index contributed by atoms with van der Waals surface area (Å²) in [6.45, 7) is 2.00. The number of carbonyl (C=O) groups excluding carboxylic acids is 1. The average Bonchev–Trinajstić information content (AvgIpc) is 2.54. The van der Waals surface area contributed by atoms with Gasteiger partial charge in [-0.15, -0.1) is 11.3 Å². The summed E-state index contributed by atoms with van der Waals surface area (Å²) in [5.74, 6) is -0.0734. The second kappa shape index (κ2) is 5.77. The molecule has 0 aliphatic carbocycles. The van der Waals surface area contributed by atoms with Gasteiger partial charge in [0.15, 0.2) is 5.43 Å². The number of ether oxygens (including phenoxy) is 2. The van der Waals surface area contributed by atoms with Crippen molar-refractivity contribution in [1.29, 1.82) is 0 Å². The predicted octanol–water partition coefficient (Wildman–Crippen LogP) is 3.60. The Labute approximate surface area is 130 Å². The van der Waals surface area contributed by atoms with E-state index in [1.165, 1.54) is 18.4 Å². The van der Waals surface area contributed by atoms with E-state index in [1.807, 2.05) is 18.2 Å². The van der Waals surface area contributed by atoms with E-state index in [9.17, 15) is 9.59 Å². The summed E-state index contributed by atoms with van der Waals surface area (Å²) < 4.78 is 12.0. The Kier molecular flexibility index (Phi) is 3.81. The van der Waals surface area contributed by atoms with E-state index in [-0.39, 0.29) is 17.6 Å². The van der Waals surface area contributed by atoms with Crippen molar-refractivity contribution in [3.8, 4) is 5.75 Å². The van der Waals surface area contributed by atoms with E-state index < -0.39 is 5.97 Å². The van der Waals surface area contributed by atoms with Crippen molar-refractivity contribution < 1.29 is 14.3 Å². The van der Waals surface area contributed by atoms with Crippen LogP contribution in [0.2, 0.25) is 0 Å². The third-order valence-corrected chi connectivity index (χ3v) is 4.53. The Balaban J connectivity index is 2.35. The Morgan fingerprint density at radius 3 is 2.64 bits per heavy atom.